The number of nitrogens with two attached hydrogens (primary N) is 1. The van der Waals surface area contributed by atoms with Gasteiger partial charge in [0.25, 0.3) is 11.7 Å². The van der Waals surface area contributed by atoms with Crippen LogP contribution in [-0.2, 0) is 19.6 Å². The molecule has 0 aliphatic rings. The Bertz CT molecular complexity index is 1300. The molecule has 0 aliphatic heterocycles. The number of aryl methyl sites for hydroxylation is 2. The number of aromatic amines is 1. The van der Waals surface area contributed by atoms with E-state index in [0.717, 1.165) is 16.9 Å². The molecular weight excluding hydrogens is 468 g/mol. The average Bonchev–Trinajstić information content (AvgIpc) is 3.31. The first-order chi connectivity index (χ1) is 14.4. The quantitative estimate of drug-likeness (QED) is 0.225. The Morgan fingerprint density at radius 1 is 1.29 bits per heavy atom. The molecule has 3 heterocycles. The highest BCUT2D eigenvalue weighted by Gasteiger charge is 2.25. The molecule has 4 aromatic rings. The van der Waals surface area contributed by atoms with Crippen LogP contribution in [0.2, 0.25) is 0 Å². The number of aromatic carboxylic acids is 1. The Kier molecular flexibility index (Phi) is 6.20. The van der Waals surface area contributed by atoms with Gasteiger partial charge < -0.3 is 33.1 Å². The molecule has 0 aliphatic carbocycles. The zero-order valence-corrected chi connectivity index (χ0v) is 18.5. The summed E-state index contributed by atoms with van der Waals surface area (Å²) in [4.78, 5) is 32.5. The second-order valence-corrected chi connectivity index (χ2v) is 6.66. The summed E-state index contributed by atoms with van der Waals surface area (Å²) in [6.07, 6.45) is 1.47. The maximum absolute atomic E-state index is 12.7. The Morgan fingerprint density at radius 2 is 2.06 bits per heavy atom. The first kappa shape index (κ1) is 22.2. The van der Waals surface area contributed by atoms with Crippen molar-refractivity contribution in [1.29, 1.82) is 0 Å². The van der Waals surface area contributed by atoms with Crippen LogP contribution in [0.3, 0.4) is 0 Å². The van der Waals surface area contributed by atoms with E-state index in [0.29, 0.717) is 24.3 Å². The number of nitrogens with zero attached hydrogens (tertiary/aromatic N) is 5. The summed E-state index contributed by atoms with van der Waals surface area (Å²) in [6, 6.07) is 5.01. The summed E-state index contributed by atoms with van der Waals surface area (Å²) in [7, 11) is 0. The molecule has 4 rings (SSSR count). The van der Waals surface area contributed by atoms with E-state index in [1.54, 1.807) is 18.2 Å². The molecule has 0 radical (unpaired) electrons. The van der Waals surface area contributed by atoms with Crippen molar-refractivity contribution in [2.24, 2.45) is 0 Å². The molecule has 1 aromatic carbocycles. The normalized spacial score (nSPS) is 10.9. The molecule has 0 fully saturated rings. The molecule has 11 nitrogen and oxygen atoms in total. The number of hydrogen-bond donors (Lipinski definition) is 4. The number of amides is 1. The summed E-state index contributed by atoms with van der Waals surface area (Å²) in [5.74, 6) is -0.594. The van der Waals surface area contributed by atoms with Crippen LogP contribution in [0.5, 0.6) is 0 Å². The molecule has 1 amide bonds. The van der Waals surface area contributed by atoms with Gasteiger partial charge in [-0.2, -0.15) is 5.10 Å². The zero-order valence-electron chi connectivity index (χ0n) is 16.9. The van der Waals surface area contributed by atoms with Crippen molar-refractivity contribution in [2.75, 3.05) is 5.73 Å². The molecule has 0 unspecified atom stereocenters. The summed E-state index contributed by atoms with van der Waals surface area (Å²) >= 11 is 0. The zero-order chi connectivity index (χ0) is 21.4. The number of carboxylic acids is 1. The fourth-order valence-electron chi connectivity index (χ4n) is 3.62. The van der Waals surface area contributed by atoms with Crippen molar-refractivity contribution >= 4 is 39.9 Å². The second kappa shape index (κ2) is 8.68. The number of aromatic nitrogens is 6. The lowest BCUT2D eigenvalue weighted by Gasteiger charge is -2.07. The minimum absolute atomic E-state index is 0. The summed E-state index contributed by atoms with van der Waals surface area (Å²) in [6.45, 7) is 5.44. The van der Waals surface area contributed by atoms with Crippen LogP contribution in [0.15, 0.2) is 24.4 Å². The van der Waals surface area contributed by atoms with Crippen LogP contribution in [0.1, 0.15) is 40.5 Å². The van der Waals surface area contributed by atoms with Crippen LogP contribution < -0.4 is 32.6 Å². The topological polar surface area (TPSA) is 156 Å². The van der Waals surface area contributed by atoms with Crippen LogP contribution in [0.4, 0.5) is 5.82 Å². The Labute approximate surface area is 187 Å². The second-order valence-electron chi connectivity index (χ2n) is 6.66. The highest BCUT2D eigenvalue weighted by Crippen LogP contribution is 2.18. The number of nitrogens with one attached hydrogen (secondary N) is 2. The molecule has 0 spiro atoms. The molecule has 0 saturated carbocycles. The maximum Gasteiger partial charge on any atom is 0.335 e. The lowest BCUT2D eigenvalue weighted by atomic mass is 10.2. The van der Waals surface area contributed by atoms with E-state index in [4.69, 9.17) is 5.73 Å². The Hall–Kier alpha value is -3.54. The van der Waals surface area contributed by atoms with Gasteiger partial charge in [-0.05, 0) is 26.0 Å². The number of hydrogen-bond acceptors (Lipinski definition) is 6. The molecule has 12 heteroatoms. The number of nitrogen functional groups attached to an aromatic ring is 1. The number of anilines is 1. The fraction of sp³-hybridized carbons (Fsp3) is 0.263. The van der Waals surface area contributed by atoms with Gasteiger partial charge >= 0.3 is 5.97 Å². The number of carbonyl (C=O) groups excluding carboxylic acids is 1. The van der Waals surface area contributed by atoms with Crippen LogP contribution >= 0.6 is 0 Å². The van der Waals surface area contributed by atoms with Crippen molar-refractivity contribution < 1.29 is 36.2 Å². The fourth-order valence-corrected chi connectivity index (χ4v) is 3.62. The van der Waals surface area contributed by atoms with Gasteiger partial charge in [-0.1, -0.05) is 0 Å². The van der Waals surface area contributed by atoms with Crippen molar-refractivity contribution in [2.45, 2.75) is 33.5 Å². The van der Waals surface area contributed by atoms with E-state index in [-0.39, 0.29) is 40.6 Å². The van der Waals surface area contributed by atoms with Gasteiger partial charge in [0.05, 0.1) is 24.8 Å². The first-order valence-electron chi connectivity index (χ1n) is 9.47. The van der Waals surface area contributed by atoms with Crippen molar-refractivity contribution in [3.63, 3.8) is 0 Å². The largest absolute Gasteiger partial charge is 1.00 e. The van der Waals surface area contributed by atoms with Gasteiger partial charge in [-0.15, -0.1) is 0 Å². The third-order valence-corrected chi connectivity index (χ3v) is 4.99. The van der Waals surface area contributed by atoms with E-state index < -0.39 is 11.9 Å². The number of H-pyrrole nitrogens is 1. The van der Waals surface area contributed by atoms with E-state index in [1.807, 2.05) is 23.0 Å². The van der Waals surface area contributed by atoms with Crippen molar-refractivity contribution in [3.8, 4) is 0 Å². The number of fused-ring (bicyclic) bond motifs is 2. The first-order valence-corrected chi connectivity index (χ1v) is 9.47. The predicted octanol–water partition coefficient (Wildman–Crippen LogP) is -2.15. The van der Waals surface area contributed by atoms with E-state index in [9.17, 15) is 14.7 Å². The average molecular weight is 489 g/mol. The van der Waals surface area contributed by atoms with Crippen LogP contribution in [0, 0.1) is 0 Å². The van der Waals surface area contributed by atoms with Gasteiger partial charge in [0.1, 0.15) is 12.1 Å². The lowest BCUT2D eigenvalue weighted by molar-refractivity contribution is -0.676. The summed E-state index contributed by atoms with van der Waals surface area (Å²) in [5.41, 5.74) is 8.67. The number of benzene rings is 1. The van der Waals surface area contributed by atoms with Crippen LogP contribution in [0.25, 0.3) is 22.2 Å². The molecular formula is C19H21BrN8O3. The third-order valence-electron chi connectivity index (χ3n) is 4.99. The molecule has 162 valence electrons. The van der Waals surface area contributed by atoms with Crippen LogP contribution in [-0.4, -0.2) is 41.7 Å². The monoisotopic (exact) mass is 488 g/mol. The molecule has 31 heavy (non-hydrogen) atoms. The minimum Gasteiger partial charge on any atom is -1.00 e. The minimum atomic E-state index is -0.984. The van der Waals surface area contributed by atoms with E-state index in [2.05, 4.69) is 25.5 Å². The smallest absolute Gasteiger partial charge is 0.335 e. The number of carboxylic acid groups (broad SMARTS) is 1. The van der Waals surface area contributed by atoms with Gasteiger partial charge in [0, 0.05) is 6.07 Å². The Balaban J connectivity index is 0.00000272. The molecule has 0 saturated heterocycles. The Morgan fingerprint density at radius 3 is 2.74 bits per heavy atom. The van der Waals surface area contributed by atoms with Gasteiger partial charge in [0.2, 0.25) is 0 Å². The van der Waals surface area contributed by atoms with E-state index >= 15 is 0 Å². The number of carbonyl (C=O) groups is 2. The van der Waals surface area contributed by atoms with Gasteiger partial charge in [-0.3, -0.25) is 9.89 Å². The van der Waals surface area contributed by atoms with Gasteiger partial charge in [-0.25, -0.2) is 23.9 Å². The number of halogens is 1. The highest BCUT2D eigenvalue weighted by molar-refractivity contribution is 5.98. The van der Waals surface area contributed by atoms with E-state index in [1.165, 1.54) is 6.20 Å². The molecule has 0 bridgehead atoms. The number of rotatable bonds is 6. The molecule has 0 atom stereocenters. The summed E-state index contributed by atoms with van der Waals surface area (Å²) in [5, 5.41) is 18.7. The molecule has 5 N–H and O–H groups in total. The lowest BCUT2D eigenvalue weighted by Crippen LogP contribution is -3.00. The SMILES string of the molecule is CCn1c(CNC(=O)c2nc3cn[nH]c3nc2N)[n+](CC)c2ccc(C(=O)O)cc21.[Br-]. The predicted molar refractivity (Wildman–Crippen MR) is 108 cm³/mol. The van der Waals surface area contributed by atoms with Crippen molar-refractivity contribution in [1.82, 2.24) is 30.0 Å². The van der Waals surface area contributed by atoms with Crippen molar-refractivity contribution in [3.05, 3.63) is 41.5 Å². The molecule has 3 aromatic heterocycles. The summed E-state index contributed by atoms with van der Waals surface area (Å²) < 4.78 is 4.03. The van der Waals surface area contributed by atoms with Gasteiger partial charge in [0.15, 0.2) is 28.2 Å². The highest BCUT2D eigenvalue weighted by atomic mass is 79.9. The standard InChI is InChI=1S/C19H20N8O3.BrH/c1-3-26-12-6-5-10(19(29)30)7-13(12)27(4-2)14(26)9-21-18(28)15-16(20)24-17-11(23-15)8-22-25-17;/h5-8H,3-4,9H2,1-2H3,(H4-,20,21,22,23,24,25,28,29,30);1H. The third kappa shape index (κ3) is 3.81. The maximum atomic E-state index is 12.7. The number of imidazole rings is 1.